The lowest BCUT2D eigenvalue weighted by atomic mass is 10.1. The van der Waals surface area contributed by atoms with Crippen LogP contribution in [0, 0.1) is 0 Å². The van der Waals surface area contributed by atoms with Crippen LogP contribution in [0.1, 0.15) is 12.0 Å². The molecule has 0 aliphatic carbocycles. The summed E-state index contributed by atoms with van der Waals surface area (Å²) in [6.07, 6.45) is 3.55. The van der Waals surface area contributed by atoms with Crippen molar-refractivity contribution < 1.29 is 19.1 Å². The Morgan fingerprint density at radius 3 is 2.67 bits per heavy atom. The number of benzene rings is 1. The van der Waals surface area contributed by atoms with Gasteiger partial charge in [0, 0.05) is 19.8 Å². The first-order valence-corrected chi connectivity index (χ1v) is 8.49. The number of carbonyl (C=O) groups is 3. The maximum Gasteiger partial charge on any atom is 0.324 e. The molecule has 3 rings (SSSR count). The van der Waals surface area contributed by atoms with Crippen LogP contribution in [0.3, 0.4) is 0 Å². The van der Waals surface area contributed by atoms with E-state index in [-0.39, 0.29) is 18.9 Å². The van der Waals surface area contributed by atoms with Gasteiger partial charge in [-0.3, -0.25) is 19.2 Å². The maximum atomic E-state index is 12.5. The summed E-state index contributed by atoms with van der Waals surface area (Å²) in [4.78, 5) is 37.8. The average molecular weight is 371 g/mol. The molecule has 1 aliphatic heterocycles. The molecule has 1 aromatic carbocycles. The fourth-order valence-electron chi connectivity index (χ4n) is 2.84. The van der Waals surface area contributed by atoms with E-state index >= 15 is 0 Å². The van der Waals surface area contributed by atoms with E-state index in [9.17, 15) is 14.4 Å². The predicted octanol–water partition coefficient (Wildman–Crippen LogP) is 0.920. The van der Waals surface area contributed by atoms with Crippen molar-refractivity contribution in [1.82, 2.24) is 20.0 Å². The topological polar surface area (TPSA) is 106 Å². The molecule has 2 N–H and O–H groups in total. The summed E-state index contributed by atoms with van der Waals surface area (Å²) >= 11 is 0. The summed E-state index contributed by atoms with van der Waals surface area (Å²) in [6, 6.07) is 6.09. The number of hydrogen-bond acceptors (Lipinski definition) is 5. The van der Waals surface area contributed by atoms with Crippen LogP contribution in [0.5, 0.6) is 5.75 Å². The van der Waals surface area contributed by atoms with Crippen LogP contribution in [0.2, 0.25) is 0 Å². The molecule has 2 heterocycles. The fraction of sp³-hybridized carbons (Fsp3) is 0.333. The molecule has 1 saturated heterocycles. The molecule has 2 aromatic rings. The van der Waals surface area contributed by atoms with Crippen LogP contribution in [0.15, 0.2) is 36.7 Å². The lowest BCUT2D eigenvalue weighted by molar-refractivity contribution is -0.129. The Morgan fingerprint density at radius 2 is 2.04 bits per heavy atom. The number of rotatable bonds is 7. The molecule has 0 bridgehead atoms. The Hall–Kier alpha value is -3.36. The van der Waals surface area contributed by atoms with Gasteiger partial charge in [-0.25, -0.2) is 4.79 Å². The van der Waals surface area contributed by atoms with Crippen molar-refractivity contribution in [2.45, 2.75) is 18.9 Å². The van der Waals surface area contributed by atoms with E-state index in [4.69, 9.17) is 4.74 Å². The molecule has 1 atom stereocenters. The zero-order valence-electron chi connectivity index (χ0n) is 15.1. The lowest BCUT2D eigenvalue weighted by Gasteiger charge is -2.13. The first-order chi connectivity index (χ1) is 13.0. The van der Waals surface area contributed by atoms with Gasteiger partial charge in [-0.2, -0.15) is 5.10 Å². The molecule has 1 aliphatic rings. The third kappa shape index (κ3) is 4.43. The minimum atomic E-state index is -0.856. The Bertz CT molecular complexity index is 846. The van der Waals surface area contributed by atoms with Crippen molar-refractivity contribution in [3.63, 3.8) is 0 Å². The summed E-state index contributed by atoms with van der Waals surface area (Å²) < 4.78 is 6.66. The van der Waals surface area contributed by atoms with Crippen molar-refractivity contribution in [2.24, 2.45) is 7.05 Å². The second-order valence-electron chi connectivity index (χ2n) is 6.25. The number of aryl methyl sites for hydroxylation is 1. The molecular weight excluding hydrogens is 350 g/mol. The van der Waals surface area contributed by atoms with Gasteiger partial charge in [0.05, 0.1) is 25.4 Å². The van der Waals surface area contributed by atoms with Gasteiger partial charge in [0.2, 0.25) is 5.91 Å². The molecule has 0 unspecified atom stereocenters. The van der Waals surface area contributed by atoms with Crippen molar-refractivity contribution in [3.05, 3.63) is 42.2 Å². The fourth-order valence-corrected chi connectivity index (χ4v) is 2.84. The number of methoxy groups -OCH3 is 1. The van der Waals surface area contributed by atoms with Crippen LogP contribution in [-0.4, -0.2) is 52.2 Å². The highest BCUT2D eigenvalue weighted by Gasteiger charge is 2.38. The van der Waals surface area contributed by atoms with Gasteiger partial charge in [0.15, 0.2) is 0 Å². The van der Waals surface area contributed by atoms with Crippen LogP contribution in [0.4, 0.5) is 10.5 Å². The molecule has 4 amide bonds. The van der Waals surface area contributed by atoms with Gasteiger partial charge in [-0.1, -0.05) is 12.1 Å². The van der Waals surface area contributed by atoms with Crippen LogP contribution in [-0.2, 0) is 23.1 Å². The highest BCUT2D eigenvalue weighted by Crippen LogP contribution is 2.15. The second-order valence-corrected chi connectivity index (χ2v) is 6.25. The van der Waals surface area contributed by atoms with E-state index in [1.54, 1.807) is 25.0 Å². The molecule has 0 radical (unpaired) electrons. The van der Waals surface area contributed by atoms with E-state index in [2.05, 4.69) is 15.7 Å². The summed E-state index contributed by atoms with van der Waals surface area (Å²) in [5.41, 5.74) is 1.52. The Kier molecular flexibility index (Phi) is 5.39. The van der Waals surface area contributed by atoms with E-state index in [0.717, 1.165) is 16.2 Å². The molecular formula is C18H21N5O4. The molecule has 9 heteroatoms. The predicted molar refractivity (Wildman–Crippen MR) is 97.2 cm³/mol. The number of aromatic nitrogens is 2. The van der Waals surface area contributed by atoms with E-state index in [0.29, 0.717) is 12.1 Å². The largest absolute Gasteiger partial charge is 0.497 e. The molecule has 0 spiro atoms. The van der Waals surface area contributed by atoms with Crippen molar-refractivity contribution in [3.8, 4) is 5.75 Å². The number of amides is 4. The van der Waals surface area contributed by atoms with E-state index in [1.165, 1.54) is 6.20 Å². The second kappa shape index (κ2) is 7.90. The quantitative estimate of drug-likeness (QED) is 0.704. The summed E-state index contributed by atoms with van der Waals surface area (Å²) in [6.45, 7) is 0.248. The standard InChI is InChI=1S/C18H21N5O4/c1-22-11-13(10-19-22)20-16(24)9-15-17(25)23(18(26)21-15)8-7-12-3-5-14(27-2)6-4-12/h3-6,10-11,15H,7-9H2,1-2H3,(H,20,24)(H,21,26)/t15-/m0/s1. The van der Waals surface area contributed by atoms with Crippen molar-refractivity contribution in [1.29, 1.82) is 0 Å². The number of anilines is 1. The molecule has 9 nitrogen and oxygen atoms in total. The smallest absolute Gasteiger partial charge is 0.324 e. The summed E-state index contributed by atoms with van der Waals surface area (Å²) in [5.74, 6) is -0.0121. The third-order valence-electron chi connectivity index (χ3n) is 4.27. The van der Waals surface area contributed by atoms with Crippen molar-refractivity contribution in [2.75, 3.05) is 19.0 Å². The van der Waals surface area contributed by atoms with Gasteiger partial charge < -0.3 is 15.4 Å². The zero-order chi connectivity index (χ0) is 19.4. The molecule has 27 heavy (non-hydrogen) atoms. The number of carbonyl (C=O) groups excluding carboxylic acids is 3. The number of imide groups is 1. The maximum absolute atomic E-state index is 12.5. The van der Waals surface area contributed by atoms with Crippen LogP contribution < -0.4 is 15.4 Å². The van der Waals surface area contributed by atoms with E-state index in [1.807, 2.05) is 24.3 Å². The minimum absolute atomic E-state index is 0.126. The van der Waals surface area contributed by atoms with Crippen molar-refractivity contribution >= 4 is 23.5 Å². The Labute approximate surface area is 156 Å². The van der Waals surface area contributed by atoms with Gasteiger partial charge in [0.1, 0.15) is 11.8 Å². The van der Waals surface area contributed by atoms with Gasteiger partial charge >= 0.3 is 6.03 Å². The molecule has 1 fully saturated rings. The number of hydrogen-bond donors (Lipinski definition) is 2. The number of ether oxygens (including phenoxy) is 1. The highest BCUT2D eigenvalue weighted by atomic mass is 16.5. The number of nitrogens with zero attached hydrogens (tertiary/aromatic N) is 3. The normalized spacial score (nSPS) is 16.4. The number of urea groups is 1. The van der Waals surface area contributed by atoms with Crippen LogP contribution in [0.25, 0.3) is 0 Å². The average Bonchev–Trinajstić information content (AvgIpc) is 3.16. The molecule has 142 valence electrons. The van der Waals surface area contributed by atoms with Gasteiger partial charge in [-0.05, 0) is 24.1 Å². The van der Waals surface area contributed by atoms with E-state index < -0.39 is 18.0 Å². The lowest BCUT2D eigenvalue weighted by Crippen LogP contribution is -2.34. The monoisotopic (exact) mass is 371 g/mol. The van der Waals surface area contributed by atoms with Crippen LogP contribution >= 0.6 is 0 Å². The first kappa shape index (κ1) is 18.4. The third-order valence-corrected chi connectivity index (χ3v) is 4.27. The van der Waals surface area contributed by atoms with Gasteiger partial charge in [0.25, 0.3) is 5.91 Å². The summed E-state index contributed by atoms with van der Waals surface area (Å²) in [5, 5.41) is 9.17. The highest BCUT2D eigenvalue weighted by molar-refractivity contribution is 6.06. The molecule has 1 aromatic heterocycles. The SMILES string of the molecule is COc1ccc(CCN2C(=O)N[C@@H](CC(=O)Nc3cnn(C)c3)C2=O)cc1. The zero-order valence-corrected chi connectivity index (χ0v) is 15.1. The Balaban J connectivity index is 1.53. The molecule has 0 saturated carbocycles. The van der Waals surface area contributed by atoms with Gasteiger partial charge in [-0.15, -0.1) is 0 Å². The number of nitrogens with one attached hydrogen (secondary N) is 2. The summed E-state index contributed by atoms with van der Waals surface area (Å²) in [7, 11) is 3.32. The minimum Gasteiger partial charge on any atom is -0.497 e. The Morgan fingerprint density at radius 1 is 1.30 bits per heavy atom. The first-order valence-electron chi connectivity index (χ1n) is 8.49.